The van der Waals surface area contributed by atoms with Gasteiger partial charge in [0.2, 0.25) is 6.41 Å². The number of carbonyl (C=O) groups is 1. The number of unbranched alkanes of at least 4 members (excludes halogenated alkanes) is 3. The maximum absolute atomic E-state index is 11.6. The summed E-state index contributed by atoms with van der Waals surface area (Å²) in [4.78, 5) is 28.5. The fraction of sp³-hybridized carbons (Fsp3) is 0.545. The van der Waals surface area contributed by atoms with Crippen molar-refractivity contribution in [1.29, 1.82) is 0 Å². The molecule has 0 saturated carbocycles. The van der Waals surface area contributed by atoms with Gasteiger partial charge in [-0.05, 0) is 6.42 Å². The van der Waals surface area contributed by atoms with E-state index in [1.807, 2.05) is 0 Å². The molecule has 0 fully saturated rings. The van der Waals surface area contributed by atoms with Crippen LogP contribution in [0, 0.1) is 0 Å². The molecule has 0 atom stereocenters. The van der Waals surface area contributed by atoms with Gasteiger partial charge >= 0.3 is 0 Å². The minimum Gasteiger partial charge on any atom is -0.382 e. The fourth-order valence-corrected chi connectivity index (χ4v) is 2.30. The number of nitrogen functional groups attached to an aromatic ring is 1. The van der Waals surface area contributed by atoms with Crippen molar-refractivity contribution in [1.82, 2.24) is 9.97 Å². The van der Waals surface area contributed by atoms with E-state index in [4.69, 9.17) is 5.73 Å². The molecule has 0 aliphatic carbocycles. The van der Waals surface area contributed by atoms with Crippen molar-refractivity contribution in [3.05, 3.63) is 10.4 Å². The zero-order chi connectivity index (χ0) is 13.4. The van der Waals surface area contributed by atoms with E-state index in [1.54, 1.807) is 0 Å². The largest absolute Gasteiger partial charge is 0.382 e. The molecule has 0 aromatic carbocycles. The molecule has 6 nitrogen and oxygen atoms in total. The standard InChI is InChI=1S/C11H18N4O2S/c1-2-3-4-5-6-18-11-14-9(12)8(13-7-16)10(17)15-11/h7H,2-6H2,1H3,(H,13,16)(H3,12,14,15,17). The summed E-state index contributed by atoms with van der Waals surface area (Å²) in [6, 6.07) is 0. The summed E-state index contributed by atoms with van der Waals surface area (Å²) in [5.41, 5.74) is 5.17. The Kier molecular flexibility index (Phi) is 6.27. The van der Waals surface area contributed by atoms with Gasteiger partial charge in [0.25, 0.3) is 5.56 Å². The number of rotatable bonds is 8. The molecule has 1 aromatic heterocycles. The van der Waals surface area contributed by atoms with Crippen LogP contribution in [0.5, 0.6) is 0 Å². The van der Waals surface area contributed by atoms with E-state index in [-0.39, 0.29) is 11.5 Å². The number of aromatic amines is 1. The molecule has 7 heteroatoms. The number of amides is 1. The van der Waals surface area contributed by atoms with Gasteiger partial charge < -0.3 is 11.1 Å². The first-order valence-electron chi connectivity index (χ1n) is 5.91. The second kappa shape index (κ2) is 7.75. The number of H-pyrrole nitrogens is 1. The maximum Gasteiger partial charge on any atom is 0.277 e. The molecule has 0 aliphatic heterocycles. The zero-order valence-corrected chi connectivity index (χ0v) is 11.2. The highest BCUT2D eigenvalue weighted by molar-refractivity contribution is 7.99. The normalized spacial score (nSPS) is 10.3. The van der Waals surface area contributed by atoms with Gasteiger partial charge in [-0.3, -0.25) is 14.6 Å². The molecule has 0 aliphatic rings. The highest BCUT2D eigenvalue weighted by Gasteiger charge is 2.08. The topological polar surface area (TPSA) is 101 Å². The number of anilines is 2. The van der Waals surface area contributed by atoms with Crippen LogP contribution in [-0.2, 0) is 4.79 Å². The van der Waals surface area contributed by atoms with Crippen molar-refractivity contribution < 1.29 is 4.79 Å². The Labute approximate surface area is 110 Å². The lowest BCUT2D eigenvalue weighted by atomic mass is 10.2. The average Bonchev–Trinajstić information content (AvgIpc) is 2.33. The Morgan fingerprint density at radius 3 is 2.83 bits per heavy atom. The number of carbonyl (C=O) groups excluding carboxylic acids is 1. The van der Waals surface area contributed by atoms with Gasteiger partial charge in [-0.15, -0.1) is 0 Å². The summed E-state index contributed by atoms with van der Waals surface area (Å²) in [6.45, 7) is 2.16. The van der Waals surface area contributed by atoms with Crippen LogP contribution in [-0.4, -0.2) is 22.1 Å². The Morgan fingerprint density at radius 2 is 2.22 bits per heavy atom. The van der Waals surface area contributed by atoms with E-state index in [9.17, 15) is 9.59 Å². The van der Waals surface area contributed by atoms with Crippen molar-refractivity contribution in [2.24, 2.45) is 0 Å². The van der Waals surface area contributed by atoms with Gasteiger partial charge in [0.1, 0.15) is 5.69 Å². The fourth-order valence-electron chi connectivity index (χ4n) is 1.43. The molecule has 18 heavy (non-hydrogen) atoms. The lowest BCUT2D eigenvalue weighted by Gasteiger charge is -2.05. The molecule has 100 valence electrons. The number of aromatic nitrogens is 2. The van der Waals surface area contributed by atoms with Crippen molar-refractivity contribution in [2.45, 2.75) is 37.8 Å². The second-order valence-corrected chi connectivity index (χ2v) is 4.89. The van der Waals surface area contributed by atoms with Crippen LogP contribution in [0.4, 0.5) is 11.5 Å². The summed E-state index contributed by atoms with van der Waals surface area (Å²) in [6.07, 6.45) is 5.07. The van der Waals surface area contributed by atoms with E-state index in [1.165, 1.54) is 31.0 Å². The Hall–Kier alpha value is -1.50. The first-order valence-corrected chi connectivity index (χ1v) is 6.90. The second-order valence-electron chi connectivity index (χ2n) is 3.80. The number of hydrogen-bond acceptors (Lipinski definition) is 5. The Bertz CT molecular complexity index is 447. The van der Waals surface area contributed by atoms with Crippen LogP contribution >= 0.6 is 11.8 Å². The van der Waals surface area contributed by atoms with Crippen LogP contribution in [0.2, 0.25) is 0 Å². The Morgan fingerprint density at radius 1 is 1.44 bits per heavy atom. The number of nitrogens with zero attached hydrogens (tertiary/aromatic N) is 1. The van der Waals surface area contributed by atoms with Crippen LogP contribution in [0.1, 0.15) is 32.6 Å². The Balaban J connectivity index is 2.57. The maximum atomic E-state index is 11.6. The number of thioether (sulfide) groups is 1. The van der Waals surface area contributed by atoms with Gasteiger partial charge in [-0.2, -0.15) is 0 Å². The number of nitrogens with one attached hydrogen (secondary N) is 2. The van der Waals surface area contributed by atoms with Crippen molar-refractivity contribution >= 4 is 29.7 Å². The molecule has 1 rings (SSSR count). The SMILES string of the molecule is CCCCCCSc1nc(N)c(NC=O)c(=O)[nH]1. The summed E-state index contributed by atoms with van der Waals surface area (Å²) < 4.78 is 0. The molecule has 1 heterocycles. The number of nitrogens with two attached hydrogens (primary N) is 1. The minimum atomic E-state index is -0.425. The zero-order valence-electron chi connectivity index (χ0n) is 10.4. The predicted molar refractivity (Wildman–Crippen MR) is 73.8 cm³/mol. The molecule has 0 bridgehead atoms. The van der Waals surface area contributed by atoms with Crippen LogP contribution in [0.15, 0.2) is 9.95 Å². The summed E-state index contributed by atoms with van der Waals surface area (Å²) >= 11 is 1.46. The molecular weight excluding hydrogens is 252 g/mol. The summed E-state index contributed by atoms with van der Waals surface area (Å²) in [7, 11) is 0. The van der Waals surface area contributed by atoms with Gasteiger partial charge in [0.15, 0.2) is 11.0 Å². The number of hydrogen-bond donors (Lipinski definition) is 3. The molecule has 0 unspecified atom stereocenters. The van der Waals surface area contributed by atoms with Gasteiger partial charge in [-0.25, -0.2) is 4.98 Å². The van der Waals surface area contributed by atoms with E-state index in [2.05, 4.69) is 22.2 Å². The first-order chi connectivity index (χ1) is 8.69. The molecule has 4 N–H and O–H groups in total. The van der Waals surface area contributed by atoms with E-state index < -0.39 is 5.56 Å². The van der Waals surface area contributed by atoms with E-state index in [0.717, 1.165) is 12.2 Å². The lowest BCUT2D eigenvalue weighted by molar-refractivity contribution is -0.105. The molecule has 0 spiro atoms. The molecule has 1 aromatic rings. The highest BCUT2D eigenvalue weighted by Crippen LogP contribution is 2.17. The van der Waals surface area contributed by atoms with Gasteiger partial charge in [-0.1, -0.05) is 37.9 Å². The quantitative estimate of drug-likeness (QED) is 0.288. The average molecular weight is 270 g/mol. The third-order valence-corrected chi connectivity index (χ3v) is 3.33. The highest BCUT2D eigenvalue weighted by atomic mass is 32.2. The van der Waals surface area contributed by atoms with Gasteiger partial charge in [0, 0.05) is 5.75 Å². The molecule has 0 saturated heterocycles. The molecular formula is C11H18N4O2S. The van der Waals surface area contributed by atoms with Crippen molar-refractivity contribution in [2.75, 3.05) is 16.8 Å². The summed E-state index contributed by atoms with van der Waals surface area (Å²) in [5, 5.41) is 2.73. The third kappa shape index (κ3) is 4.40. The van der Waals surface area contributed by atoms with Crippen molar-refractivity contribution in [3.63, 3.8) is 0 Å². The predicted octanol–water partition coefficient (Wildman–Crippen LogP) is 1.59. The van der Waals surface area contributed by atoms with Crippen LogP contribution in [0.25, 0.3) is 0 Å². The first kappa shape index (κ1) is 14.6. The summed E-state index contributed by atoms with van der Waals surface area (Å²) in [5.74, 6) is 0.935. The third-order valence-electron chi connectivity index (χ3n) is 2.37. The molecule has 1 amide bonds. The van der Waals surface area contributed by atoms with E-state index >= 15 is 0 Å². The molecule has 0 radical (unpaired) electrons. The van der Waals surface area contributed by atoms with Crippen LogP contribution < -0.4 is 16.6 Å². The van der Waals surface area contributed by atoms with E-state index in [0.29, 0.717) is 11.6 Å². The monoisotopic (exact) mass is 270 g/mol. The van der Waals surface area contributed by atoms with Crippen molar-refractivity contribution in [3.8, 4) is 0 Å². The van der Waals surface area contributed by atoms with Crippen LogP contribution in [0.3, 0.4) is 0 Å². The van der Waals surface area contributed by atoms with Gasteiger partial charge in [0.05, 0.1) is 0 Å². The minimum absolute atomic E-state index is 0.000308. The smallest absolute Gasteiger partial charge is 0.277 e. The lowest BCUT2D eigenvalue weighted by Crippen LogP contribution is -2.18.